The van der Waals surface area contributed by atoms with Crippen LogP contribution in [0.2, 0.25) is 0 Å². The van der Waals surface area contributed by atoms with Gasteiger partial charge in [0.1, 0.15) is 5.75 Å². The number of anilines is 1. The monoisotopic (exact) mass is 464 g/mol. The molecule has 1 amide bonds. The summed E-state index contributed by atoms with van der Waals surface area (Å²) in [6, 6.07) is 13.6. The van der Waals surface area contributed by atoms with Crippen molar-refractivity contribution >= 4 is 24.0 Å². The van der Waals surface area contributed by atoms with E-state index in [0.717, 1.165) is 18.7 Å². The molecule has 2 N–H and O–H groups in total. The molecular formula is C22H23ClF2N4O3. The van der Waals surface area contributed by atoms with Gasteiger partial charge in [0.2, 0.25) is 0 Å². The molecule has 10 heteroatoms. The van der Waals surface area contributed by atoms with Crippen molar-refractivity contribution in [2.75, 3.05) is 25.0 Å². The zero-order valence-corrected chi connectivity index (χ0v) is 18.1. The summed E-state index contributed by atoms with van der Waals surface area (Å²) >= 11 is 0. The average Bonchev–Trinajstić information content (AvgIpc) is 3.17. The van der Waals surface area contributed by atoms with Gasteiger partial charge >= 0.3 is 6.61 Å². The molecule has 1 atom stereocenters. The number of hydrogen-bond donors (Lipinski definition) is 2. The van der Waals surface area contributed by atoms with Gasteiger partial charge in [-0.05, 0) is 48.9 Å². The maximum atomic E-state index is 12.7. The highest BCUT2D eigenvalue weighted by Gasteiger charge is 2.17. The summed E-state index contributed by atoms with van der Waals surface area (Å²) in [5.74, 6) is -0.233. The average molecular weight is 465 g/mol. The van der Waals surface area contributed by atoms with Gasteiger partial charge in [-0.3, -0.25) is 4.79 Å². The van der Waals surface area contributed by atoms with Crippen molar-refractivity contribution in [1.29, 1.82) is 0 Å². The summed E-state index contributed by atoms with van der Waals surface area (Å²) in [7, 11) is 0. The number of rotatable bonds is 6. The molecule has 4 rings (SSSR count). The molecule has 0 bridgehead atoms. The van der Waals surface area contributed by atoms with Gasteiger partial charge < -0.3 is 20.1 Å². The zero-order valence-electron chi connectivity index (χ0n) is 17.3. The van der Waals surface area contributed by atoms with Crippen molar-refractivity contribution in [3.05, 3.63) is 71.5 Å². The number of aryl methyl sites for hydroxylation is 1. The van der Waals surface area contributed by atoms with Crippen LogP contribution in [-0.4, -0.2) is 42.0 Å². The third-order valence-electron chi connectivity index (χ3n) is 4.94. The minimum Gasteiger partial charge on any atom is -0.435 e. The normalized spacial score (nSPS) is 15.8. The molecule has 0 unspecified atom stereocenters. The lowest BCUT2D eigenvalue weighted by atomic mass is 10.1. The number of morpholine rings is 1. The Morgan fingerprint density at radius 3 is 2.56 bits per heavy atom. The van der Waals surface area contributed by atoms with Gasteiger partial charge in [0.05, 0.1) is 29.7 Å². The molecule has 0 spiro atoms. The van der Waals surface area contributed by atoms with Crippen molar-refractivity contribution in [1.82, 2.24) is 15.1 Å². The third kappa shape index (κ3) is 5.61. The highest BCUT2D eigenvalue weighted by molar-refractivity contribution is 6.04. The first kappa shape index (κ1) is 23.6. The number of amides is 1. The van der Waals surface area contributed by atoms with E-state index in [9.17, 15) is 13.6 Å². The summed E-state index contributed by atoms with van der Waals surface area (Å²) in [5.41, 5.74) is 3.29. The van der Waals surface area contributed by atoms with Crippen LogP contribution in [0.3, 0.4) is 0 Å². The second kappa shape index (κ2) is 10.5. The summed E-state index contributed by atoms with van der Waals surface area (Å²) in [5, 5.41) is 10.5. The van der Waals surface area contributed by atoms with Crippen LogP contribution in [0.15, 0.2) is 54.7 Å². The van der Waals surface area contributed by atoms with Gasteiger partial charge in [-0.2, -0.15) is 13.9 Å². The Morgan fingerprint density at radius 2 is 1.94 bits per heavy atom. The van der Waals surface area contributed by atoms with Crippen LogP contribution in [0, 0.1) is 6.92 Å². The Labute approximate surface area is 190 Å². The number of nitrogens with one attached hydrogen (secondary N) is 2. The standard InChI is InChI=1S/C22H22F2N4O3.ClH/c1-14-19(13-28(27-14)17-6-8-18(9-7-17)31-22(23)24)21(29)26-16-4-2-15(3-5-16)20-12-25-10-11-30-20;/h2-9,13,20,22,25H,10-12H2,1H3,(H,26,29);1H/t20-;/m1./s1. The van der Waals surface area contributed by atoms with Gasteiger partial charge in [0.25, 0.3) is 5.91 Å². The second-order valence-corrected chi connectivity index (χ2v) is 7.08. The lowest BCUT2D eigenvalue weighted by Crippen LogP contribution is -2.33. The van der Waals surface area contributed by atoms with E-state index in [1.807, 2.05) is 24.3 Å². The highest BCUT2D eigenvalue weighted by atomic mass is 35.5. The van der Waals surface area contributed by atoms with Gasteiger partial charge in [-0.15, -0.1) is 12.4 Å². The molecule has 1 aliphatic rings. The molecule has 1 fully saturated rings. The van der Waals surface area contributed by atoms with Crippen LogP contribution < -0.4 is 15.4 Å². The van der Waals surface area contributed by atoms with Crippen LogP contribution >= 0.6 is 12.4 Å². The lowest BCUT2D eigenvalue weighted by molar-refractivity contribution is -0.0498. The molecule has 7 nitrogen and oxygen atoms in total. The van der Waals surface area contributed by atoms with E-state index in [2.05, 4.69) is 20.5 Å². The van der Waals surface area contributed by atoms with Crippen molar-refractivity contribution in [2.45, 2.75) is 19.6 Å². The fraction of sp³-hybridized carbons (Fsp3) is 0.273. The maximum Gasteiger partial charge on any atom is 0.387 e. The van der Waals surface area contributed by atoms with E-state index in [-0.39, 0.29) is 30.2 Å². The topological polar surface area (TPSA) is 77.4 Å². The SMILES string of the molecule is Cc1nn(-c2ccc(OC(F)F)cc2)cc1C(=O)Nc1ccc([C@H]2CNCCO2)cc1.Cl. The largest absolute Gasteiger partial charge is 0.435 e. The lowest BCUT2D eigenvalue weighted by Gasteiger charge is -2.24. The maximum absolute atomic E-state index is 12.7. The van der Waals surface area contributed by atoms with Crippen molar-refractivity contribution < 1.29 is 23.0 Å². The van der Waals surface area contributed by atoms with Crippen LogP contribution in [0.1, 0.15) is 27.7 Å². The Bertz CT molecular complexity index is 1040. The van der Waals surface area contributed by atoms with E-state index in [0.29, 0.717) is 29.2 Å². The number of carbonyl (C=O) groups is 1. The molecule has 170 valence electrons. The quantitative estimate of drug-likeness (QED) is 0.574. The number of carbonyl (C=O) groups excluding carboxylic acids is 1. The van der Waals surface area contributed by atoms with Gasteiger partial charge in [0.15, 0.2) is 0 Å². The van der Waals surface area contributed by atoms with Gasteiger partial charge in [0, 0.05) is 25.0 Å². The predicted molar refractivity (Wildman–Crippen MR) is 118 cm³/mol. The molecular weight excluding hydrogens is 442 g/mol. The zero-order chi connectivity index (χ0) is 21.8. The summed E-state index contributed by atoms with van der Waals surface area (Å²) in [4.78, 5) is 12.7. The first-order chi connectivity index (χ1) is 15.0. The van der Waals surface area contributed by atoms with Crippen LogP contribution in [-0.2, 0) is 4.74 Å². The fourth-order valence-electron chi connectivity index (χ4n) is 3.35. The number of alkyl halides is 2. The molecule has 0 radical (unpaired) electrons. The highest BCUT2D eigenvalue weighted by Crippen LogP contribution is 2.22. The third-order valence-corrected chi connectivity index (χ3v) is 4.94. The van der Waals surface area contributed by atoms with Crippen LogP contribution in [0.4, 0.5) is 14.5 Å². The van der Waals surface area contributed by atoms with E-state index in [4.69, 9.17) is 4.74 Å². The number of hydrogen-bond acceptors (Lipinski definition) is 5. The van der Waals surface area contributed by atoms with Gasteiger partial charge in [-0.25, -0.2) is 4.68 Å². The summed E-state index contributed by atoms with van der Waals surface area (Å²) < 4.78 is 36.2. The van der Waals surface area contributed by atoms with E-state index in [1.165, 1.54) is 16.8 Å². The number of halogens is 3. The number of aromatic nitrogens is 2. The Balaban J connectivity index is 0.00000289. The second-order valence-electron chi connectivity index (χ2n) is 7.08. The summed E-state index contributed by atoms with van der Waals surface area (Å²) in [6.07, 6.45) is 1.61. The fourth-order valence-corrected chi connectivity index (χ4v) is 3.35. The van der Waals surface area contributed by atoms with Crippen LogP contribution in [0.5, 0.6) is 5.75 Å². The minimum atomic E-state index is -2.88. The number of benzene rings is 2. The molecule has 1 aromatic heterocycles. The first-order valence-corrected chi connectivity index (χ1v) is 9.85. The molecule has 0 aliphatic carbocycles. The first-order valence-electron chi connectivity index (χ1n) is 9.85. The number of ether oxygens (including phenoxy) is 2. The minimum absolute atomic E-state index is 0. The van der Waals surface area contributed by atoms with E-state index in [1.54, 1.807) is 25.3 Å². The van der Waals surface area contributed by atoms with Crippen molar-refractivity contribution in [3.8, 4) is 11.4 Å². The molecule has 3 aromatic rings. The van der Waals surface area contributed by atoms with Crippen molar-refractivity contribution in [3.63, 3.8) is 0 Å². The molecule has 2 aromatic carbocycles. The molecule has 2 heterocycles. The molecule has 0 saturated carbocycles. The number of nitrogens with zero attached hydrogens (tertiary/aromatic N) is 2. The Hall–Kier alpha value is -3.01. The van der Waals surface area contributed by atoms with E-state index >= 15 is 0 Å². The van der Waals surface area contributed by atoms with Crippen molar-refractivity contribution in [2.24, 2.45) is 0 Å². The predicted octanol–water partition coefficient (Wildman–Crippen LogP) is 4.12. The van der Waals surface area contributed by atoms with Gasteiger partial charge in [-0.1, -0.05) is 12.1 Å². The Morgan fingerprint density at radius 1 is 1.22 bits per heavy atom. The molecule has 1 aliphatic heterocycles. The smallest absolute Gasteiger partial charge is 0.387 e. The van der Waals surface area contributed by atoms with E-state index < -0.39 is 6.61 Å². The van der Waals surface area contributed by atoms with Crippen LogP contribution in [0.25, 0.3) is 5.69 Å². The molecule has 1 saturated heterocycles. The summed E-state index contributed by atoms with van der Waals surface area (Å²) in [6.45, 7) is 1.14. The Kier molecular flexibility index (Phi) is 7.79. The molecule has 32 heavy (non-hydrogen) atoms.